The average Bonchev–Trinajstić information content (AvgIpc) is 3.31. The number of halogens is 2. The Morgan fingerprint density at radius 3 is 2.37 bits per heavy atom. The van der Waals surface area contributed by atoms with Crippen LogP contribution >= 0.6 is 11.6 Å². The van der Waals surface area contributed by atoms with Crippen LogP contribution in [0.5, 0.6) is 0 Å². The summed E-state index contributed by atoms with van der Waals surface area (Å²) in [5.41, 5.74) is 2.76. The summed E-state index contributed by atoms with van der Waals surface area (Å²) in [5.74, 6) is -1.09. The number of hydrogen-bond acceptors (Lipinski definition) is 9. The largest absolute Gasteiger partial charge is 0.388 e. The van der Waals surface area contributed by atoms with E-state index in [0.29, 0.717) is 101 Å². The van der Waals surface area contributed by atoms with Crippen molar-refractivity contribution in [1.82, 2.24) is 34.6 Å². The number of piperazine rings is 1. The van der Waals surface area contributed by atoms with Crippen molar-refractivity contribution in [2.45, 2.75) is 50.7 Å². The molecule has 2 aliphatic heterocycles. The number of likely N-dealkylation sites (tertiary alicyclic amines) is 1. The third kappa shape index (κ3) is 11.4. The molecule has 338 valence electrons. The molecule has 1 atom stereocenters. The molecule has 0 bridgehead atoms. The van der Waals surface area contributed by atoms with Gasteiger partial charge in [-0.05, 0) is 105 Å². The molecule has 15 heteroatoms. The second-order valence-electron chi connectivity index (χ2n) is 17.4. The highest BCUT2D eigenvalue weighted by atomic mass is 35.5. The molecule has 13 nitrogen and oxygen atoms in total. The number of anilines is 1. The molecular formula is C50H54ClFN8O5. The molecule has 2 aliphatic rings. The molecule has 4 heterocycles. The number of hydrogen-bond donors (Lipinski definition) is 3. The highest BCUT2D eigenvalue weighted by Crippen LogP contribution is 2.30. The van der Waals surface area contributed by atoms with Gasteiger partial charge in [-0.1, -0.05) is 48.0 Å². The van der Waals surface area contributed by atoms with Gasteiger partial charge in [0.2, 0.25) is 11.8 Å². The molecule has 0 unspecified atom stereocenters. The van der Waals surface area contributed by atoms with Crippen LogP contribution in [-0.2, 0) is 22.6 Å². The number of fused-ring (bicyclic) bond motifs is 2. The van der Waals surface area contributed by atoms with Gasteiger partial charge in [0.05, 0.1) is 45.6 Å². The number of amides is 3. The van der Waals surface area contributed by atoms with E-state index < -0.39 is 5.60 Å². The quantitative estimate of drug-likeness (QED) is 0.0995. The maximum absolute atomic E-state index is 14.2. The highest BCUT2D eigenvalue weighted by molar-refractivity contribution is 6.35. The fourth-order valence-electron chi connectivity index (χ4n) is 8.74. The Hall–Kier alpha value is -6.06. The lowest BCUT2D eigenvalue weighted by molar-refractivity contribution is -0.140. The summed E-state index contributed by atoms with van der Waals surface area (Å²) in [4.78, 5) is 69.4. The number of carbonyl (C=O) groups is 3. The SMILES string of the molecule is CN1CCN(CCC(=O)Nc2ccc3c(=O)n(CC4(O)CCN(C(=O)[C@@H](CCCNC(=O)c5ccc6c(Cl)cc(-c7ccc(F)cc7)nc6c5)Cc5ccccc5)CC4)cnc3c2)CC1. The Bertz CT molecular complexity index is 2720. The Labute approximate surface area is 382 Å². The number of rotatable bonds is 15. The number of aromatic nitrogens is 3. The molecular weight excluding hydrogens is 847 g/mol. The van der Waals surface area contributed by atoms with E-state index in [9.17, 15) is 28.7 Å². The van der Waals surface area contributed by atoms with E-state index in [-0.39, 0.29) is 54.4 Å². The standard InChI is InChI=1S/C50H54ClFN8O5/c1-57-24-26-58(27-25-57)21-17-46(61)55-39-14-16-41-44(30-39)54-33-60(49(41)64)32-50(65)18-22-59(23-19-50)48(63)37(28-34-6-3-2-4-7-34)8-5-20-53-47(62)36-11-15-40-42(51)31-43(56-45(40)29-36)35-9-12-38(52)13-10-35/h2-4,6-7,9-16,29-31,33,37,65H,5,8,17-28,32H2,1H3,(H,53,62)(H,55,61)/t37-/m0/s1. The maximum atomic E-state index is 14.2. The van der Waals surface area contributed by atoms with E-state index in [0.717, 1.165) is 31.7 Å². The van der Waals surface area contributed by atoms with Gasteiger partial charge in [-0.25, -0.2) is 14.4 Å². The van der Waals surface area contributed by atoms with Crippen LogP contribution in [0, 0.1) is 11.7 Å². The normalized spacial score (nSPS) is 16.1. The minimum atomic E-state index is -1.22. The molecule has 0 radical (unpaired) electrons. The number of benzene rings is 4. The van der Waals surface area contributed by atoms with Gasteiger partial charge in [-0.2, -0.15) is 0 Å². The first kappa shape index (κ1) is 45.5. The summed E-state index contributed by atoms with van der Waals surface area (Å²) >= 11 is 6.57. The predicted octanol–water partition coefficient (Wildman–Crippen LogP) is 6.40. The first-order valence-electron chi connectivity index (χ1n) is 22.3. The van der Waals surface area contributed by atoms with Crippen LogP contribution < -0.4 is 16.2 Å². The second kappa shape index (κ2) is 20.4. The van der Waals surface area contributed by atoms with Crippen molar-refractivity contribution in [3.8, 4) is 11.3 Å². The van der Waals surface area contributed by atoms with E-state index in [2.05, 4.69) is 32.5 Å². The fourth-order valence-corrected chi connectivity index (χ4v) is 9.00. The van der Waals surface area contributed by atoms with Gasteiger partial charge in [-0.3, -0.25) is 23.7 Å². The van der Waals surface area contributed by atoms with Crippen LogP contribution in [-0.4, -0.2) is 117 Å². The van der Waals surface area contributed by atoms with Crippen LogP contribution in [0.3, 0.4) is 0 Å². The smallest absolute Gasteiger partial charge is 0.261 e. The molecule has 2 aromatic heterocycles. The van der Waals surface area contributed by atoms with Crippen molar-refractivity contribution in [2.24, 2.45) is 5.92 Å². The summed E-state index contributed by atoms with van der Waals surface area (Å²) in [7, 11) is 2.10. The number of piperidine rings is 1. The van der Waals surface area contributed by atoms with Crippen LogP contribution in [0.1, 0.15) is 48.0 Å². The van der Waals surface area contributed by atoms with Crippen LogP contribution in [0.4, 0.5) is 10.1 Å². The lowest BCUT2D eigenvalue weighted by atomic mass is 9.88. The number of nitrogens with zero attached hydrogens (tertiary/aromatic N) is 6. The van der Waals surface area contributed by atoms with Gasteiger partial charge in [-0.15, -0.1) is 0 Å². The first-order chi connectivity index (χ1) is 31.4. The van der Waals surface area contributed by atoms with E-state index >= 15 is 0 Å². The molecule has 0 spiro atoms. The maximum Gasteiger partial charge on any atom is 0.261 e. The summed E-state index contributed by atoms with van der Waals surface area (Å²) < 4.78 is 15.0. The van der Waals surface area contributed by atoms with E-state index in [4.69, 9.17) is 16.6 Å². The molecule has 65 heavy (non-hydrogen) atoms. The van der Waals surface area contributed by atoms with Crippen molar-refractivity contribution in [3.05, 3.63) is 136 Å². The Kier molecular flexibility index (Phi) is 14.3. The van der Waals surface area contributed by atoms with E-state index in [1.165, 1.54) is 23.0 Å². The summed E-state index contributed by atoms with van der Waals surface area (Å²) in [6, 6.07) is 27.7. The minimum Gasteiger partial charge on any atom is -0.388 e. The first-order valence-corrected chi connectivity index (χ1v) is 22.7. The molecule has 8 rings (SSSR count). The van der Waals surface area contributed by atoms with Crippen molar-refractivity contribution in [3.63, 3.8) is 0 Å². The van der Waals surface area contributed by atoms with Crippen molar-refractivity contribution in [1.29, 1.82) is 0 Å². The van der Waals surface area contributed by atoms with Gasteiger partial charge in [0.15, 0.2) is 0 Å². The summed E-state index contributed by atoms with van der Waals surface area (Å²) in [6.45, 7) is 5.58. The summed E-state index contributed by atoms with van der Waals surface area (Å²) in [6.07, 6.45) is 4.00. The molecule has 0 saturated carbocycles. The van der Waals surface area contributed by atoms with Crippen molar-refractivity contribution in [2.75, 3.05) is 64.7 Å². The van der Waals surface area contributed by atoms with Gasteiger partial charge in [0, 0.05) is 86.9 Å². The molecule has 2 fully saturated rings. The molecule has 4 aromatic carbocycles. The van der Waals surface area contributed by atoms with Gasteiger partial charge < -0.3 is 30.4 Å². The zero-order chi connectivity index (χ0) is 45.5. The average molecular weight is 901 g/mol. The highest BCUT2D eigenvalue weighted by Gasteiger charge is 2.36. The van der Waals surface area contributed by atoms with Gasteiger partial charge in [0.25, 0.3) is 11.5 Å². The number of nitrogens with one attached hydrogen (secondary N) is 2. The monoisotopic (exact) mass is 900 g/mol. The zero-order valence-electron chi connectivity index (χ0n) is 36.5. The molecule has 3 amide bonds. The topological polar surface area (TPSA) is 153 Å². The molecule has 6 aromatic rings. The Balaban J connectivity index is 0.849. The predicted molar refractivity (Wildman–Crippen MR) is 251 cm³/mol. The molecule has 3 N–H and O–H groups in total. The second-order valence-corrected chi connectivity index (χ2v) is 17.8. The third-order valence-electron chi connectivity index (χ3n) is 12.7. The van der Waals surface area contributed by atoms with Crippen molar-refractivity contribution < 1.29 is 23.9 Å². The third-order valence-corrected chi connectivity index (χ3v) is 13.0. The lowest BCUT2D eigenvalue weighted by Gasteiger charge is -2.39. The van der Waals surface area contributed by atoms with Crippen LogP contribution in [0.15, 0.2) is 108 Å². The molecule has 0 aliphatic carbocycles. The lowest BCUT2D eigenvalue weighted by Crippen LogP contribution is -2.51. The van der Waals surface area contributed by atoms with Gasteiger partial charge in [0.1, 0.15) is 5.82 Å². The number of likely N-dealkylation sites (N-methyl/N-ethyl adjacent to an activating group) is 1. The van der Waals surface area contributed by atoms with Crippen molar-refractivity contribution >= 4 is 56.8 Å². The number of pyridine rings is 1. The fraction of sp³-hybridized carbons (Fsp3) is 0.360. The van der Waals surface area contributed by atoms with E-state index in [1.54, 1.807) is 59.5 Å². The van der Waals surface area contributed by atoms with Crippen LogP contribution in [0.25, 0.3) is 33.1 Å². The summed E-state index contributed by atoms with van der Waals surface area (Å²) in [5, 5.41) is 19.2. The Morgan fingerprint density at radius 2 is 1.62 bits per heavy atom. The number of aliphatic hydroxyl groups is 1. The minimum absolute atomic E-state index is 0.0107. The zero-order valence-corrected chi connectivity index (χ0v) is 37.3. The molecule has 2 saturated heterocycles. The van der Waals surface area contributed by atoms with E-state index in [1.807, 2.05) is 30.3 Å². The van der Waals surface area contributed by atoms with Crippen LogP contribution in [0.2, 0.25) is 5.02 Å². The number of carbonyl (C=O) groups excluding carboxylic acids is 3. The van der Waals surface area contributed by atoms with Gasteiger partial charge >= 0.3 is 0 Å². The Morgan fingerprint density at radius 1 is 0.877 bits per heavy atom.